The van der Waals surface area contributed by atoms with Crippen molar-refractivity contribution in [1.29, 1.82) is 0 Å². The normalized spacial score (nSPS) is 15.4. The zero-order valence-corrected chi connectivity index (χ0v) is 23.3. The fourth-order valence-electron chi connectivity index (χ4n) is 4.65. The number of aromatic hydroxyl groups is 1. The number of aldehydes is 1. The smallest absolute Gasteiger partial charge is 0.169 e. The third kappa shape index (κ3) is 9.51. The second-order valence-corrected chi connectivity index (χ2v) is 9.68. The number of likely N-dealkylation sites (tertiary alicyclic amines) is 1. The first-order valence-corrected chi connectivity index (χ1v) is 13.2. The highest BCUT2D eigenvalue weighted by atomic mass is 16.7. The highest BCUT2D eigenvalue weighted by Gasteiger charge is 2.39. The van der Waals surface area contributed by atoms with Crippen LogP contribution in [0.3, 0.4) is 0 Å². The van der Waals surface area contributed by atoms with E-state index >= 15 is 0 Å². The molecule has 0 aromatic heterocycles. The minimum Gasteiger partial charge on any atom is -0.508 e. The molecule has 2 aromatic rings. The second-order valence-electron chi connectivity index (χ2n) is 9.68. The fourth-order valence-corrected chi connectivity index (χ4v) is 4.65. The van der Waals surface area contributed by atoms with E-state index in [1.807, 2.05) is 25.2 Å². The summed E-state index contributed by atoms with van der Waals surface area (Å²) in [7, 11) is 7.49. The van der Waals surface area contributed by atoms with Gasteiger partial charge in [-0.05, 0) is 70.2 Å². The highest BCUT2D eigenvalue weighted by Crippen LogP contribution is 2.45. The van der Waals surface area contributed by atoms with E-state index in [-0.39, 0.29) is 11.7 Å². The summed E-state index contributed by atoms with van der Waals surface area (Å²) in [6, 6.07) is 16.5. The minimum absolute atomic E-state index is 0.0926. The number of phenolic OH excluding ortho intramolecular Hbond substituents is 1. The number of ether oxygens (including phenoxy) is 3. The van der Waals surface area contributed by atoms with Crippen LogP contribution in [-0.4, -0.2) is 95.2 Å². The summed E-state index contributed by atoms with van der Waals surface area (Å²) in [6.45, 7) is 7.00. The molecule has 0 atom stereocenters. The average molecular weight is 515 g/mol. The molecule has 206 valence electrons. The molecule has 7 nitrogen and oxygen atoms in total. The number of rotatable bonds is 13. The van der Waals surface area contributed by atoms with Crippen molar-refractivity contribution in [3.8, 4) is 5.75 Å². The van der Waals surface area contributed by atoms with Gasteiger partial charge in [-0.3, -0.25) is 0 Å². The van der Waals surface area contributed by atoms with Crippen molar-refractivity contribution in [3.05, 3.63) is 65.2 Å². The Kier molecular flexibility index (Phi) is 13.8. The summed E-state index contributed by atoms with van der Waals surface area (Å²) < 4.78 is 15.5. The molecule has 1 fully saturated rings. The van der Waals surface area contributed by atoms with Gasteiger partial charge in [-0.15, -0.1) is 0 Å². The highest BCUT2D eigenvalue weighted by molar-refractivity contribution is 5.49. The van der Waals surface area contributed by atoms with Crippen molar-refractivity contribution in [3.63, 3.8) is 0 Å². The molecule has 3 rings (SSSR count). The Balaban J connectivity index is 0.000000410. The van der Waals surface area contributed by atoms with E-state index in [0.717, 1.165) is 62.9 Å². The third-order valence-corrected chi connectivity index (χ3v) is 7.18. The zero-order chi connectivity index (χ0) is 27.1. The number of hydrogen-bond acceptors (Lipinski definition) is 7. The van der Waals surface area contributed by atoms with Crippen molar-refractivity contribution in [2.75, 3.05) is 67.7 Å². The molecular weight excluding hydrogens is 468 g/mol. The van der Waals surface area contributed by atoms with Gasteiger partial charge in [0.1, 0.15) is 12.0 Å². The van der Waals surface area contributed by atoms with E-state index < -0.39 is 0 Å². The lowest BCUT2D eigenvalue weighted by Gasteiger charge is -2.42. The van der Waals surface area contributed by atoms with E-state index in [4.69, 9.17) is 14.2 Å². The van der Waals surface area contributed by atoms with Gasteiger partial charge in [0.15, 0.2) is 6.29 Å². The topological polar surface area (TPSA) is 71.5 Å². The molecule has 1 saturated heterocycles. The lowest BCUT2D eigenvalue weighted by Crippen LogP contribution is -2.41. The number of methoxy groups -OCH3 is 2. The lowest BCUT2D eigenvalue weighted by atomic mass is 9.67. The Bertz CT molecular complexity index is 896. The number of benzene rings is 2. The van der Waals surface area contributed by atoms with Crippen LogP contribution in [0.15, 0.2) is 48.5 Å². The van der Waals surface area contributed by atoms with E-state index in [1.54, 1.807) is 14.2 Å². The molecule has 0 amide bonds. The van der Waals surface area contributed by atoms with Gasteiger partial charge in [-0.1, -0.05) is 49.4 Å². The van der Waals surface area contributed by atoms with Gasteiger partial charge in [0.2, 0.25) is 0 Å². The minimum atomic E-state index is -0.160. The number of carbonyl (C=O) groups is 1. The summed E-state index contributed by atoms with van der Waals surface area (Å²) in [5.74, 6) is 0.369. The van der Waals surface area contributed by atoms with Gasteiger partial charge in [0.05, 0.1) is 13.2 Å². The van der Waals surface area contributed by atoms with Crippen LogP contribution < -0.4 is 0 Å². The predicted octanol–water partition coefficient (Wildman–Crippen LogP) is 4.11. The summed E-state index contributed by atoms with van der Waals surface area (Å²) in [5, 5.41) is 10.7. The molecule has 0 saturated carbocycles. The molecule has 7 heteroatoms. The molecule has 1 aliphatic heterocycles. The molecule has 0 radical (unpaired) electrons. The van der Waals surface area contributed by atoms with Gasteiger partial charge in [-0.25, -0.2) is 0 Å². The molecule has 1 aliphatic rings. The largest absolute Gasteiger partial charge is 0.508 e. The van der Waals surface area contributed by atoms with Crippen molar-refractivity contribution >= 4 is 6.29 Å². The quantitative estimate of drug-likeness (QED) is 0.245. The number of hydrogen-bond donors (Lipinski definition) is 1. The van der Waals surface area contributed by atoms with E-state index in [9.17, 15) is 9.90 Å². The van der Waals surface area contributed by atoms with Gasteiger partial charge < -0.3 is 33.9 Å². The van der Waals surface area contributed by atoms with Crippen LogP contribution >= 0.6 is 0 Å². The van der Waals surface area contributed by atoms with Crippen LogP contribution in [0.4, 0.5) is 0 Å². The third-order valence-electron chi connectivity index (χ3n) is 7.18. The number of phenols is 1. The molecule has 2 aromatic carbocycles. The molecule has 0 aliphatic carbocycles. The monoisotopic (exact) mass is 514 g/mol. The predicted molar refractivity (Wildman–Crippen MR) is 148 cm³/mol. The van der Waals surface area contributed by atoms with Gasteiger partial charge >= 0.3 is 0 Å². The Morgan fingerprint density at radius 2 is 1.76 bits per heavy atom. The standard InChI is InChI=1S/C23H29NO3.C7H17NO2/c1-24-13-11-23(12-14-24,20-6-3-2-4-7-20)21-18-19(8-9-22(21)26)10-17-27-16-5-15-25;1-5-8(2)6-7(9-3)10-4/h2-4,6-9,15,18,26H,5,10-14,16-17H2,1H3;7H,5-6H2,1-4H3. The van der Waals surface area contributed by atoms with Crippen molar-refractivity contribution in [1.82, 2.24) is 9.80 Å². The van der Waals surface area contributed by atoms with Crippen LogP contribution in [0, 0.1) is 0 Å². The number of likely N-dealkylation sites (N-methyl/N-ethyl adjacent to an activating group) is 1. The molecule has 1 N–H and O–H groups in total. The van der Waals surface area contributed by atoms with Crippen LogP contribution in [0.5, 0.6) is 5.75 Å². The number of nitrogens with zero attached hydrogens (tertiary/aromatic N) is 2. The Morgan fingerprint density at radius 1 is 1.08 bits per heavy atom. The Labute approximate surface area is 223 Å². The number of piperidine rings is 1. The van der Waals surface area contributed by atoms with Crippen molar-refractivity contribution < 1.29 is 24.1 Å². The van der Waals surface area contributed by atoms with E-state index in [2.05, 4.69) is 54.1 Å². The summed E-state index contributed by atoms with van der Waals surface area (Å²) in [6.07, 6.45) is 3.97. The maximum absolute atomic E-state index is 10.7. The first kappa shape index (κ1) is 30.9. The maximum Gasteiger partial charge on any atom is 0.169 e. The van der Waals surface area contributed by atoms with E-state index in [1.165, 1.54) is 5.56 Å². The van der Waals surface area contributed by atoms with Crippen molar-refractivity contribution in [2.24, 2.45) is 0 Å². The molecule has 0 bridgehead atoms. The Morgan fingerprint density at radius 3 is 2.35 bits per heavy atom. The first-order valence-electron chi connectivity index (χ1n) is 13.2. The van der Waals surface area contributed by atoms with Gasteiger partial charge in [0.25, 0.3) is 0 Å². The Hall–Kier alpha value is -2.29. The molecule has 0 spiro atoms. The molecular formula is C30H46N2O5. The summed E-state index contributed by atoms with van der Waals surface area (Å²) in [4.78, 5) is 14.9. The maximum atomic E-state index is 10.7. The van der Waals surface area contributed by atoms with Gasteiger partial charge in [-0.2, -0.15) is 0 Å². The van der Waals surface area contributed by atoms with Crippen molar-refractivity contribution in [2.45, 2.75) is 44.3 Å². The summed E-state index contributed by atoms with van der Waals surface area (Å²) in [5.41, 5.74) is 3.29. The zero-order valence-electron chi connectivity index (χ0n) is 23.3. The van der Waals surface area contributed by atoms with E-state index in [0.29, 0.717) is 25.4 Å². The number of carbonyl (C=O) groups excluding carboxylic acids is 1. The van der Waals surface area contributed by atoms with Gasteiger partial charge in [0, 0.05) is 38.2 Å². The van der Waals surface area contributed by atoms with Crippen LogP contribution in [0.2, 0.25) is 0 Å². The average Bonchev–Trinajstić information content (AvgIpc) is 2.94. The van der Waals surface area contributed by atoms with Crippen LogP contribution in [-0.2, 0) is 30.8 Å². The lowest BCUT2D eigenvalue weighted by molar-refractivity contribution is -0.113. The van der Waals surface area contributed by atoms with Crippen LogP contribution in [0.1, 0.15) is 42.9 Å². The molecule has 0 unspecified atom stereocenters. The fraction of sp³-hybridized carbons (Fsp3) is 0.567. The molecule has 1 heterocycles. The van der Waals surface area contributed by atoms with Crippen LogP contribution in [0.25, 0.3) is 0 Å². The summed E-state index contributed by atoms with van der Waals surface area (Å²) >= 11 is 0. The first-order chi connectivity index (χ1) is 17.9. The SMILES string of the molecule is CCN(C)CC(OC)OC.CN1CCC(c2ccccc2)(c2cc(CCOCCC=O)ccc2O)CC1. The molecule has 37 heavy (non-hydrogen) atoms. The second kappa shape index (κ2) is 16.5.